The smallest absolute Gasteiger partial charge is 0.135 e. The Kier molecular flexibility index (Phi) is 16.4. The van der Waals surface area contributed by atoms with Gasteiger partial charge in [0.2, 0.25) is 0 Å². The highest BCUT2D eigenvalue weighted by molar-refractivity contribution is 6.01. The Bertz CT molecular complexity index is 1010. The molecule has 1 fully saturated rings. The summed E-state index contributed by atoms with van der Waals surface area (Å²) in [4.78, 5) is 6.70. The van der Waals surface area contributed by atoms with Crippen LogP contribution in [0, 0.1) is 6.92 Å². The Labute approximate surface area is 229 Å². The first-order valence-electron chi connectivity index (χ1n) is 13.0. The molecule has 0 radical (unpaired) electrons. The van der Waals surface area contributed by atoms with E-state index in [1.165, 1.54) is 18.7 Å². The summed E-state index contributed by atoms with van der Waals surface area (Å²) in [5.74, 6) is 0.859. The van der Waals surface area contributed by atoms with Crippen molar-refractivity contribution in [1.29, 1.82) is 0 Å². The van der Waals surface area contributed by atoms with Crippen LogP contribution in [0.3, 0.4) is 0 Å². The lowest BCUT2D eigenvalue weighted by Gasteiger charge is -2.21. The second-order valence-corrected chi connectivity index (χ2v) is 9.46. The van der Waals surface area contributed by atoms with Crippen LogP contribution in [0.25, 0.3) is 0 Å². The monoisotopic (exact) mass is 524 g/mol. The van der Waals surface area contributed by atoms with Gasteiger partial charge in [-0.1, -0.05) is 49.8 Å². The van der Waals surface area contributed by atoms with E-state index < -0.39 is 0 Å². The Morgan fingerprint density at radius 2 is 1.74 bits per heavy atom. The quantitative estimate of drug-likeness (QED) is 0.306. The van der Waals surface area contributed by atoms with Gasteiger partial charge < -0.3 is 36.8 Å². The van der Waals surface area contributed by atoms with Crippen LogP contribution in [0.4, 0.5) is 5.69 Å². The second-order valence-electron chi connectivity index (χ2n) is 9.46. The van der Waals surface area contributed by atoms with Crippen molar-refractivity contribution >= 4 is 11.5 Å². The van der Waals surface area contributed by atoms with E-state index in [0.29, 0.717) is 23.9 Å². The lowest BCUT2D eigenvalue weighted by Crippen LogP contribution is -2.40. The SMILES string of the molecule is CN1CCNCC1.COC.Cc1ccc(N=C(N)c2cc(C(C)C)ccc2O)cc1.NCC1=CNCC=C1. The normalized spacial score (nSPS) is 15.1. The van der Waals surface area contributed by atoms with Gasteiger partial charge in [-0.3, -0.25) is 0 Å². The third-order valence-corrected chi connectivity index (χ3v) is 5.68. The van der Waals surface area contributed by atoms with Crippen molar-refractivity contribution in [1.82, 2.24) is 15.5 Å². The van der Waals surface area contributed by atoms with E-state index in [0.717, 1.165) is 36.5 Å². The maximum Gasteiger partial charge on any atom is 0.135 e. The molecule has 0 amide bonds. The first kappa shape index (κ1) is 32.9. The molecule has 210 valence electrons. The third kappa shape index (κ3) is 13.4. The molecule has 1 saturated heterocycles. The van der Waals surface area contributed by atoms with Gasteiger partial charge in [-0.05, 0) is 55.3 Å². The molecule has 0 aromatic heterocycles. The van der Waals surface area contributed by atoms with Crippen LogP contribution in [0.1, 0.15) is 36.5 Å². The number of nitrogens with one attached hydrogen (secondary N) is 2. The van der Waals surface area contributed by atoms with Gasteiger partial charge in [-0.25, -0.2) is 4.99 Å². The summed E-state index contributed by atoms with van der Waals surface area (Å²) in [7, 11) is 5.40. The predicted octanol–water partition coefficient (Wildman–Crippen LogP) is 3.63. The molecule has 2 aliphatic heterocycles. The van der Waals surface area contributed by atoms with Gasteiger partial charge in [0.25, 0.3) is 0 Å². The number of likely N-dealkylation sites (N-methyl/N-ethyl adjacent to an activating group) is 1. The molecule has 0 saturated carbocycles. The van der Waals surface area contributed by atoms with E-state index in [1.54, 1.807) is 20.3 Å². The summed E-state index contributed by atoms with van der Waals surface area (Å²) in [6.45, 7) is 12.5. The molecule has 4 rings (SSSR count). The summed E-state index contributed by atoms with van der Waals surface area (Å²) in [5, 5.41) is 16.3. The lowest BCUT2D eigenvalue weighted by atomic mass is 10.00. The largest absolute Gasteiger partial charge is 0.507 e. The Hall–Kier alpha value is -3.17. The van der Waals surface area contributed by atoms with Crippen molar-refractivity contribution in [3.63, 3.8) is 0 Å². The molecule has 2 heterocycles. The van der Waals surface area contributed by atoms with Crippen LogP contribution < -0.4 is 22.1 Å². The molecule has 7 N–H and O–H groups in total. The first-order valence-corrected chi connectivity index (χ1v) is 13.0. The molecule has 0 spiro atoms. The predicted molar refractivity (Wildman–Crippen MR) is 161 cm³/mol. The highest BCUT2D eigenvalue weighted by Crippen LogP contribution is 2.24. The van der Waals surface area contributed by atoms with Gasteiger partial charge >= 0.3 is 0 Å². The van der Waals surface area contributed by atoms with Crippen molar-refractivity contribution in [2.75, 3.05) is 60.5 Å². The topological polar surface area (TPSA) is 121 Å². The molecular formula is C30H48N6O2. The van der Waals surface area contributed by atoms with Gasteiger partial charge in [0.05, 0.1) is 11.3 Å². The number of amidine groups is 1. The molecule has 0 atom stereocenters. The number of aryl methyl sites for hydroxylation is 1. The highest BCUT2D eigenvalue weighted by atomic mass is 16.4. The van der Waals surface area contributed by atoms with Crippen LogP contribution in [-0.4, -0.2) is 76.4 Å². The molecule has 0 bridgehead atoms. The number of hydrogen-bond acceptors (Lipinski definition) is 7. The highest BCUT2D eigenvalue weighted by Gasteiger charge is 2.09. The number of hydrogen-bond donors (Lipinski definition) is 5. The van der Waals surface area contributed by atoms with Crippen molar-refractivity contribution in [2.45, 2.75) is 26.7 Å². The molecule has 2 aliphatic rings. The number of methoxy groups -OCH3 is 1. The minimum Gasteiger partial charge on any atom is -0.507 e. The summed E-state index contributed by atoms with van der Waals surface area (Å²) in [5.41, 5.74) is 16.2. The minimum atomic E-state index is 0.155. The van der Waals surface area contributed by atoms with Gasteiger partial charge in [0, 0.05) is 59.7 Å². The average Bonchev–Trinajstić information content (AvgIpc) is 2.92. The summed E-state index contributed by atoms with van der Waals surface area (Å²) in [6.07, 6.45) is 6.04. The van der Waals surface area contributed by atoms with E-state index in [9.17, 15) is 5.11 Å². The van der Waals surface area contributed by atoms with E-state index >= 15 is 0 Å². The van der Waals surface area contributed by atoms with Crippen LogP contribution in [0.15, 0.2) is 71.4 Å². The Morgan fingerprint density at radius 1 is 1.11 bits per heavy atom. The van der Waals surface area contributed by atoms with Gasteiger partial charge in [0.15, 0.2) is 0 Å². The van der Waals surface area contributed by atoms with Crippen LogP contribution in [0.5, 0.6) is 5.75 Å². The zero-order valence-electron chi connectivity index (χ0n) is 24.0. The fourth-order valence-electron chi connectivity index (χ4n) is 3.36. The van der Waals surface area contributed by atoms with Crippen molar-refractivity contribution in [3.05, 3.63) is 83.1 Å². The lowest BCUT2D eigenvalue weighted by molar-refractivity contribution is 0.277. The van der Waals surface area contributed by atoms with E-state index in [4.69, 9.17) is 11.5 Å². The van der Waals surface area contributed by atoms with Gasteiger partial charge in [-0.15, -0.1) is 0 Å². The molecule has 2 aromatic rings. The number of nitrogens with two attached hydrogens (primary N) is 2. The van der Waals surface area contributed by atoms with Crippen molar-refractivity contribution in [3.8, 4) is 5.75 Å². The second kappa shape index (κ2) is 19.0. The van der Waals surface area contributed by atoms with Gasteiger partial charge in [-0.2, -0.15) is 0 Å². The third-order valence-electron chi connectivity index (χ3n) is 5.68. The molecule has 0 aliphatic carbocycles. The number of piperazine rings is 1. The van der Waals surface area contributed by atoms with Crippen LogP contribution in [0.2, 0.25) is 0 Å². The minimum absolute atomic E-state index is 0.155. The zero-order chi connectivity index (χ0) is 28.3. The molecule has 2 aromatic carbocycles. The van der Waals surface area contributed by atoms with Crippen LogP contribution >= 0.6 is 0 Å². The maximum atomic E-state index is 9.95. The fourth-order valence-corrected chi connectivity index (χ4v) is 3.36. The van der Waals surface area contributed by atoms with E-state index in [2.05, 4.69) is 52.2 Å². The molecule has 0 unspecified atom stereocenters. The van der Waals surface area contributed by atoms with Crippen LogP contribution in [-0.2, 0) is 4.74 Å². The number of ether oxygens (including phenoxy) is 1. The first-order chi connectivity index (χ1) is 18.2. The molecule has 38 heavy (non-hydrogen) atoms. The van der Waals surface area contributed by atoms with E-state index in [1.807, 2.05) is 55.6 Å². The van der Waals surface area contributed by atoms with Crippen molar-refractivity contribution < 1.29 is 9.84 Å². The number of benzene rings is 2. The number of phenols is 1. The average molecular weight is 525 g/mol. The van der Waals surface area contributed by atoms with Gasteiger partial charge in [0.1, 0.15) is 11.6 Å². The number of dihydropyridines is 1. The van der Waals surface area contributed by atoms with Crippen molar-refractivity contribution in [2.24, 2.45) is 16.5 Å². The molecule has 8 heteroatoms. The number of aliphatic imine (C=N–C) groups is 1. The Balaban J connectivity index is 0.000000326. The number of rotatable bonds is 4. The maximum absolute atomic E-state index is 9.95. The number of nitrogens with zero attached hydrogens (tertiary/aromatic N) is 2. The summed E-state index contributed by atoms with van der Waals surface area (Å²) < 4.78 is 4.25. The number of phenolic OH excluding ortho intramolecular Hbond substituents is 1. The summed E-state index contributed by atoms with van der Waals surface area (Å²) >= 11 is 0. The standard InChI is InChI=1S/C17H20N2O.C6H10N2.C5H12N2.C2H6O/c1-11(2)13-6-9-16(20)15(10-13)17(18)19-14-7-4-12(3)5-8-14;7-4-6-2-1-3-8-5-6;1-7-4-2-6-3-5-7;1-3-2/h4-11,20H,1-3H3,(H2,18,19);1-2,5,8H,3-4,7H2;6H,2-5H2,1H3;1-2H3. The van der Waals surface area contributed by atoms with E-state index in [-0.39, 0.29) is 5.75 Å². The number of aromatic hydroxyl groups is 1. The Morgan fingerprint density at radius 3 is 2.18 bits per heavy atom. The zero-order valence-corrected chi connectivity index (χ0v) is 24.0. The molecular weight excluding hydrogens is 476 g/mol. The molecule has 8 nitrogen and oxygen atoms in total. The summed E-state index contributed by atoms with van der Waals surface area (Å²) in [6, 6.07) is 13.3. The fraction of sp³-hybridized carbons (Fsp3) is 0.433.